The van der Waals surface area contributed by atoms with Crippen LogP contribution in [0.5, 0.6) is 0 Å². The van der Waals surface area contributed by atoms with Gasteiger partial charge in [-0.3, -0.25) is 4.65 Å². The van der Waals surface area contributed by atoms with Crippen LogP contribution in [-0.2, 0) is 10.8 Å². The molecule has 0 spiro atoms. The number of hydroxylamine groups is 1. The number of aliphatic hydroxyl groups is 1. The van der Waals surface area contributed by atoms with Crippen LogP contribution in [-0.4, -0.2) is 47.5 Å². The predicted octanol–water partition coefficient (Wildman–Crippen LogP) is 2.88. The van der Waals surface area contributed by atoms with E-state index >= 15 is 0 Å². The van der Waals surface area contributed by atoms with Crippen molar-refractivity contribution in [3.8, 4) is 0 Å². The van der Waals surface area contributed by atoms with Gasteiger partial charge in [-0.15, -0.1) is 0 Å². The first-order valence-electron chi connectivity index (χ1n) is 7.56. The van der Waals surface area contributed by atoms with Gasteiger partial charge in [0.25, 0.3) is 0 Å². The minimum absolute atomic E-state index is 0.0697. The molecule has 0 saturated carbocycles. The van der Waals surface area contributed by atoms with Gasteiger partial charge < -0.3 is 15.2 Å². The molecule has 0 aliphatic carbocycles. The van der Waals surface area contributed by atoms with Crippen LogP contribution in [0.4, 0.5) is 11.4 Å². The lowest BCUT2D eigenvalue weighted by atomic mass is 10.1. The summed E-state index contributed by atoms with van der Waals surface area (Å²) in [5, 5.41) is 24.6. The first-order chi connectivity index (χ1) is 11.3. The van der Waals surface area contributed by atoms with Gasteiger partial charge in [-0.2, -0.15) is 0 Å². The Kier molecular flexibility index (Phi) is 4.79. The number of nitrogens with zero attached hydrogens (tertiary/aromatic N) is 2. The van der Waals surface area contributed by atoms with E-state index in [0.29, 0.717) is 32.7 Å². The second kappa shape index (κ2) is 6.55. The molecular formula is C17H19ClN2O3S. The first kappa shape index (κ1) is 17.5. The lowest BCUT2D eigenvalue weighted by Crippen LogP contribution is -2.48. The fourth-order valence-electron chi connectivity index (χ4n) is 3.06. The highest BCUT2D eigenvalue weighted by Gasteiger charge is 2.39. The molecule has 0 fully saturated rings. The molecule has 1 heterocycles. The maximum atomic E-state index is 13.8. The minimum Gasteiger partial charge on any atom is -0.622 e. The molecule has 0 bridgehead atoms. The predicted molar refractivity (Wildman–Crippen MR) is 96.8 cm³/mol. The molecule has 7 heteroatoms. The molecule has 3 rings (SSSR count). The van der Waals surface area contributed by atoms with Gasteiger partial charge in [-0.1, -0.05) is 23.7 Å². The fourth-order valence-corrected chi connectivity index (χ4v) is 4.66. The Morgan fingerprint density at radius 2 is 1.88 bits per heavy atom. The average Bonchev–Trinajstić information content (AvgIpc) is 2.52. The summed E-state index contributed by atoms with van der Waals surface area (Å²) >= 11 is 6.08. The lowest BCUT2D eigenvalue weighted by molar-refractivity contribution is 0.118. The molecular weight excluding hydrogens is 348 g/mol. The van der Waals surface area contributed by atoms with Crippen LogP contribution < -0.4 is 4.65 Å². The van der Waals surface area contributed by atoms with Crippen LogP contribution in [0.15, 0.2) is 52.3 Å². The second-order valence-corrected chi connectivity index (χ2v) is 8.04. The summed E-state index contributed by atoms with van der Waals surface area (Å²) in [5.74, 6) is 0. The summed E-state index contributed by atoms with van der Waals surface area (Å²) in [6.45, 7) is 0.295. The van der Waals surface area contributed by atoms with E-state index in [0.717, 1.165) is 0 Å². The quantitative estimate of drug-likeness (QED) is 0.667. The van der Waals surface area contributed by atoms with E-state index in [4.69, 9.17) is 11.6 Å². The number of hydrogen-bond donors (Lipinski definition) is 1. The molecule has 2 aromatic rings. The molecule has 3 atom stereocenters. The molecule has 0 saturated heterocycles. The van der Waals surface area contributed by atoms with E-state index in [-0.39, 0.29) is 6.54 Å². The summed E-state index contributed by atoms with van der Waals surface area (Å²) in [6, 6.07) is 11.7. The highest BCUT2D eigenvalue weighted by molar-refractivity contribution is 7.85. The third-order valence-electron chi connectivity index (χ3n) is 4.01. The third-order valence-corrected chi connectivity index (χ3v) is 5.73. The first-order valence-corrected chi connectivity index (χ1v) is 9.09. The molecule has 1 aliphatic heterocycles. The smallest absolute Gasteiger partial charge is 0.156 e. The highest BCUT2D eigenvalue weighted by atomic mass is 35.5. The summed E-state index contributed by atoms with van der Waals surface area (Å²) in [7, 11) is 2.23. The van der Waals surface area contributed by atoms with E-state index in [2.05, 4.69) is 0 Å². The summed E-state index contributed by atoms with van der Waals surface area (Å²) in [4.78, 5) is 2.76. The van der Waals surface area contributed by atoms with Crippen molar-refractivity contribution in [1.82, 2.24) is 9.55 Å². The van der Waals surface area contributed by atoms with Gasteiger partial charge in [0, 0.05) is 23.7 Å². The summed E-state index contributed by atoms with van der Waals surface area (Å²) in [5.41, 5.74) is 0.723. The normalized spacial score (nSPS) is 23.7. The zero-order valence-electron chi connectivity index (χ0n) is 13.5. The van der Waals surface area contributed by atoms with Gasteiger partial charge in [-0.05, 0) is 32.3 Å². The molecule has 3 unspecified atom stereocenters. The number of halogens is 1. The molecule has 1 N–H and O–H groups in total. The number of likely N-dealkylation sites (N-methyl/N-ethyl adjacent to an activating group) is 1. The monoisotopic (exact) mass is 366 g/mol. The molecule has 0 radical (unpaired) electrons. The maximum Gasteiger partial charge on any atom is 0.156 e. The van der Waals surface area contributed by atoms with Gasteiger partial charge in [0.2, 0.25) is 0 Å². The Morgan fingerprint density at radius 3 is 2.58 bits per heavy atom. The Balaban J connectivity index is 2.16. The Labute approximate surface area is 148 Å². The summed E-state index contributed by atoms with van der Waals surface area (Å²) in [6.07, 6.45) is -0.830. The maximum absolute atomic E-state index is 13.8. The molecule has 24 heavy (non-hydrogen) atoms. The highest BCUT2D eigenvalue weighted by Crippen LogP contribution is 2.47. The topological polar surface area (TPSA) is 63.6 Å². The van der Waals surface area contributed by atoms with Crippen molar-refractivity contribution < 1.29 is 9.32 Å². The van der Waals surface area contributed by atoms with Crippen molar-refractivity contribution in [1.29, 1.82) is 0 Å². The largest absolute Gasteiger partial charge is 0.622 e. The SMILES string of the molecule is CN(C)CC(O)C[N+]1([O-])c2ccccc2S(=O)c2ccc(Cl)cc21. The number of para-hydroxylation sites is 1. The van der Waals surface area contributed by atoms with E-state index in [9.17, 15) is 14.5 Å². The molecule has 128 valence electrons. The standard InChI is InChI=1S/C17H19ClN2O3S/c1-19(2)10-13(21)11-20(22)14-5-3-4-6-16(14)24(23)17-8-7-12(18)9-15(17)20/h3-9,13,21H,10-11H2,1-2H3. The van der Waals surface area contributed by atoms with Crippen molar-refractivity contribution in [3.05, 3.63) is 52.7 Å². The molecule has 0 aromatic heterocycles. The zero-order valence-corrected chi connectivity index (χ0v) is 15.0. The van der Waals surface area contributed by atoms with Gasteiger partial charge in [0.05, 0.1) is 10.8 Å². The number of quaternary nitrogens is 1. The fraction of sp³-hybridized carbons (Fsp3) is 0.294. The molecule has 2 aromatic carbocycles. The van der Waals surface area contributed by atoms with Crippen LogP contribution in [0.25, 0.3) is 0 Å². The lowest BCUT2D eigenvalue weighted by Gasteiger charge is -2.46. The van der Waals surface area contributed by atoms with Crippen molar-refractivity contribution in [2.24, 2.45) is 0 Å². The number of rotatable bonds is 4. The van der Waals surface area contributed by atoms with Crippen LogP contribution in [0.3, 0.4) is 0 Å². The number of aliphatic hydroxyl groups excluding tert-OH is 1. The molecule has 1 aliphatic rings. The Morgan fingerprint density at radius 1 is 1.21 bits per heavy atom. The minimum atomic E-state index is -1.44. The van der Waals surface area contributed by atoms with Gasteiger partial charge in [0.15, 0.2) is 11.4 Å². The van der Waals surface area contributed by atoms with E-state index in [1.807, 2.05) is 19.0 Å². The van der Waals surface area contributed by atoms with Gasteiger partial charge in [-0.25, -0.2) is 4.21 Å². The number of fused-ring (bicyclic) bond motifs is 2. The Bertz CT molecular complexity index is 799. The number of benzene rings is 2. The van der Waals surface area contributed by atoms with E-state index in [1.165, 1.54) is 0 Å². The van der Waals surface area contributed by atoms with Crippen LogP contribution in [0.1, 0.15) is 0 Å². The van der Waals surface area contributed by atoms with Gasteiger partial charge in [0.1, 0.15) is 22.4 Å². The molecule has 0 amide bonds. The Hall–Kier alpha value is -1.28. The van der Waals surface area contributed by atoms with Crippen molar-refractivity contribution in [3.63, 3.8) is 0 Å². The average molecular weight is 367 g/mol. The van der Waals surface area contributed by atoms with Crippen molar-refractivity contribution in [2.75, 3.05) is 27.2 Å². The number of hydrogen-bond acceptors (Lipinski definition) is 4. The summed E-state index contributed by atoms with van der Waals surface area (Å²) < 4.78 is 12.0. The van der Waals surface area contributed by atoms with Gasteiger partial charge >= 0.3 is 0 Å². The van der Waals surface area contributed by atoms with E-state index in [1.54, 1.807) is 42.5 Å². The van der Waals surface area contributed by atoms with Crippen molar-refractivity contribution in [2.45, 2.75) is 15.9 Å². The van der Waals surface area contributed by atoms with Crippen molar-refractivity contribution >= 4 is 33.8 Å². The van der Waals surface area contributed by atoms with Crippen LogP contribution >= 0.6 is 11.6 Å². The second-order valence-electron chi connectivity index (χ2n) is 6.19. The third kappa shape index (κ3) is 3.01. The van der Waals surface area contributed by atoms with E-state index < -0.39 is 21.5 Å². The molecule has 5 nitrogen and oxygen atoms in total. The van der Waals surface area contributed by atoms with Crippen LogP contribution in [0, 0.1) is 5.21 Å². The zero-order chi connectivity index (χ0) is 17.5. The van der Waals surface area contributed by atoms with Crippen LogP contribution in [0.2, 0.25) is 5.02 Å².